The Balaban J connectivity index is 2.58. The standard InChI is InChI=1S/C14H18/c1-5-12-7-13-6-9(2)10(3)11(4)14(13)8-12/h6,8H,5,7H2,1-4H3. The fourth-order valence-corrected chi connectivity index (χ4v) is 2.26. The van der Waals surface area contributed by atoms with Crippen LogP contribution in [-0.4, -0.2) is 0 Å². The maximum absolute atomic E-state index is 2.39. The molecule has 0 nitrogen and oxygen atoms in total. The van der Waals surface area contributed by atoms with Crippen LogP contribution in [0, 0.1) is 20.8 Å². The molecule has 0 aliphatic heterocycles. The third kappa shape index (κ3) is 1.30. The zero-order valence-electron chi connectivity index (χ0n) is 9.57. The van der Waals surface area contributed by atoms with Crippen LogP contribution < -0.4 is 0 Å². The molecule has 0 N–H and O–H groups in total. The van der Waals surface area contributed by atoms with Crippen molar-refractivity contribution in [1.82, 2.24) is 0 Å². The van der Waals surface area contributed by atoms with Gasteiger partial charge in [-0.1, -0.05) is 24.6 Å². The fourth-order valence-electron chi connectivity index (χ4n) is 2.26. The molecule has 0 radical (unpaired) electrons. The molecule has 0 spiro atoms. The van der Waals surface area contributed by atoms with E-state index in [1.807, 2.05) is 0 Å². The summed E-state index contributed by atoms with van der Waals surface area (Å²) < 4.78 is 0. The topological polar surface area (TPSA) is 0 Å². The van der Waals surface area contributed by atoms with Crippen LogP contribution in [-0.2, 0) is 6.42 Å². The molecule has 0 amide bonds. The van der Waals surface area contributed by atoms with Crippen LogP contribution >= 0.6 is 0 Å². The van der Waals surface area contributed by atoms with E-state index >= 15 is 0 Å². The molecule has 0 saturated heterocycles. The minimum atomic E-state index is 1.17. The molecular weight excluding hydrogens is 168 g/mol. The van der Waals surface area contributed by atoms with E-state index in [-0.39, 0.29) is 0 Å². The van der Waals surface area contributed by atoms with Gasteiger partial charge in [0.05, 0.1) is 0 Å². The number of hydrogen-bond acceptors (Lipinski definition) is 0. The van der Waals surface area contributed by atoms with Crippen molar-refractivity contribution in [1.29, 1.82) is 0 Å². The Morgan fingerprint density at radius 1 is 1.14 bits per heavy atom. The van der Waals surface area contributed by atoms with Crippen molar-refractivity contribution < 1.29 is 0 Å². The lowest BCUT2D eigenvalue weighted by atomic mass is 9.95. The summed E-state index contributed by atoms with van der Waals surface area (Å²) in [6, 6.07) is 2.36. The van der Waals surface area contributed by atoms with Crippen LogP contribution in [0.5, 0.6) is 0 Å². The fraction of sp³-hybridized carbons (Fsp3) is 0.429. The average molecular weight is 186 g/mol. The van der Waals surface area contributed by atoms with Gasteiger partial charge >= 0.3 is 0 Å². The van der Waals surface area contributed by atoms with E-state index in [1.54, 1.807) is 5.57 Å². The van der Waals surface area contributed by atoms with Crippen LogP contribution in [0.4, 0.5) is 0 Å². The molecule has 2 rings (SSSR count). The molecule has 0 unspecified atom stereocenters. The summed E-state index contributed by atoms with van der Waals surface area (Å²) in [5.41, 5.74) is 8.97. The summed E-state index contributed by atoms with van der Waals surface area (Å²) in [4.78, 5) is 0. The highest BCUT2D eigenvalue weighted by Crippen LogP contribution is 2.32. The van der Waals surface area contributed by atoms with Crippen LogP contribution in [0.25, 0.3) is 6.08 Å². The molecule has 74 valence electrons. The van der Waals surface area contributed by atoms with E-state index in [9.17, 15) is 0 Å². The zero-order valence-corrected chi connectivity index (χ0v) is 9.57. The summed E-state index contributed by atoms with van der Waals surface area (Å²) in [5.74, 6) is 0. The van der Waals surface area contributed by atoms with E-state index < -0.39 is 0 Å². The number of rotatable bonds is 1. The monoisotopic (exact) mass is 186 g/mol. The molecule has 0 heterocycles. The lowest BCUT2D eigenvalue weighted by Gasteiger charge is -2.10. The summed E-state index contributed by atoms with van der Waals surface area (Å²) >= 11 is 0. The number of allylic oxidation sites excluding steroid dienone is 1. The highest BCUT2D eigenvalue weighted by atomic mass is 14.2. The molecule has 0 bridgehead atoms. The number of benzene rings is 1. The van der Waals surface area contributed by atoms with Gasteiger partial charge in [0.1, 0.15) is 0 Å². The van der Waals surface area contributed by atoms with Gasteiger partial charge in [-0.25, -0.2) is 0 Å². The van der Waals surface area contributed by atoms with Crippen molar-refractivity contribution in [2.75, 3.05) is 0 Å². The minimum Gasteiger partial charge on any atom is -0.0655 e. The first-order valence-electron chi connectivity index (χ1n) is 5.42. The molecule has 0 saturated carbocycles. The maximum Gasteiger partial charge on any atom is -0.00577 e. The third-order valence-corrected chi connectivity index (χ3v) is 3.51. The normalized spacial score (nSPS) is 14.1. The second-order valence-electron chi connectivity index (χ2n) is 4.35. The van der Waals surface area contributed by atoms with E-state index in [0.29, 0.717) is 0 Å². The molecule has 0 fully saturated rings. The van der Waals surface area contributed by atoms with Gasteiger partial charge in [0.2, 0.25) is 0 Å². The van der Waals surface area contributed by atoms with E-state index in [1.165, 1.54) is 40.7 Å². The molecule has 14 heavy (non-hydrogen) atoms. The quantitative estimate of drug-likeness (QED) is 0.622. The van der Waals surface area contributed by atoms with Crippen molar-refractivity contribution in [2.45, 2.75) is 40.5 Å². The van der Waals surface area contributed by atoms with Gasteiger partial charge in [0, 0.05) is 0 Å². The molecule has 0 heteroatoms. The van der Waals surface area contributed by atoms with E-state index in [2.05, 4.69) is 39.8 Å². The zero-order chi connectivity index (χ0) is 10.3. The molecule has 1 aromatic rings. The van der Waals surface area contributed by atoms with Gasteiger partial charge in [-0.3, -0.25) is 0 Å². The number of fused-ring (bicyclic) bond motifs is 1. The Hall–Kier alpha value is -1.04. The smallest absolute Gasteiger partial charge is 0.00577 e. The van der Waals surface area contributed by atoms with Crippen LogP contribution in [0.1, 0.15) is 41.2 Å². The minimum absolute atomic E-state index is 1.17. The van der Waals surface area contributed by atoms with Crippen molar-refractivity contribution in [2.24, 2.45) is 0 Å². The van der Waals surface area contributed by atoms with Crippen molar-refractivity contribution >= 4 is 6.08 Å². The van der Waals surface area contributed by atoms with Gasteiger partial charge in [-0.2, -0.15) is 0 Å². The Morgan fingerprint density at radius 3 is 2.50 bits per heavy atom. The molecule has 0 aromatic heterocycles. The number of aryl methyl sites for hydroxylation is 1. The van der Waals surface area contributed by atoms with Crippen molar-refractivity contribution in [3.05, 3.63) is 39.5 Å². The molecule has 1 aromatic carbocycles. The average Bonchev–Trinajstić information content (AvgIpc) is 2.57. The summed E-state index contributed by atoms with van der Waals surface area (Å²) in [7, 11) is 0. The second kappa shape index (κ2) is 3.27. The third-order valence-electron chi connectivity index (χ3n) is 3.51. The largest absolute Gasteiger partial charge is 0.0655 e. The first-order valence-corrected chi connectivity index (χ1v) is 5.42. The van der Waals surface area contributed by atoms with Gasteiger partial charge < -0.3 is 0 Å². The van der Waals surface area contributed by atoms with Crippen molar-refractivity contribution in [3.8, 4) is 0 Å². The summed E-state index contributed by atoms with van der Waals surface area (Å²) in [5, 5.41) is 0. The summed E-state index contributed by atoms with van der Waals surface area (Å²) in [6.45, 7) is 8.93. The van der Waals surface area contributed by atoms with E-state index in [0.717, 1.165) is 0 Å². The Kier molecular flexibility index (Phi) is 2.22. The molecular formula is C14H18. The lowest BCUT2D eigenvalue weighted by Crippen LogP contribution is -1.93. The Labute approximate surface area is 86.7 Å². The highest BCUT2D eigenvalue weighted by Gasteiger charge is 2.15. The maximum atomic E-state index is 2.39. The predicted octanol–water partition coefficient (Wildman–Crippen LogP) is 3.96. The predicted molar refractivity (Wildman–Crippen MR) is 62.6 cm³/mol. The summed E-state index contributed by atoms with van der Waals surface area (Å²) in [6.07, 6.45) is 4.75. The Bertz CT molecular complexity index is 409. The first-order chi connectivity index (χ1) is 6.63. The van der Waals surface area contributed by atoms with Crippen LogP contribution in [0.15, 0.2) is 11.6 Å². The SMILES string of the molecule is CCC1=Cc2c(cc(C)c(C)c2C)C1. The van der Waals surface area contributed by atoms with Crippen LogP contribution in [0.2, 0.25) is 0 Å². The first kappa shape index (κ1) is 9.51. The van der Waals surface area contributed by atoms with Crippen LogP contribution in [0.3, 0.4) is 0 Å². The highest BCUT2D eigenvalue weighted by molar-refractivity contribution is 5.68. The van der Waals surface area contributed by atoms with Gasteiger partial charge in [0.15, 0.2) is 0 Å². The van der Waals surface area contributed by atoms with E-state index in [4.69, 9.17) is 0 Å². The Morgan fingerprint density at radius 2 is 1.86 bits per heavy atom. The van der Waals surface area contributed by atoms with Gasteiger partial charge in [0.25, 0.3) is 0 Å². The second-order valence-corrected chi connectivity index (χ2v) is 4.35. The molecule has 1 aliphatic carbocycles. The number of hydrogen-bond donors (Lipinski definition) is 0. The van der Waals surface area contributed by atoms with Crippen molar-refractivity contribution in [3.63, 3.8) is 0 Å². The molecule has 1 aliphatic rings. The van der Waals surface area contributed by atoms with Gasteiger partial charge in [-0.15, -0.1) is 0 Å². The molecule has 0 atom stereocenters. The lowest BCUT2D eigenvalue weighted by molar-refractivity contribution is 1.03. The van der Waals surface area contributed by atoms with Gasteiger partial charge in [-0.05, 0) is 61.4 Å².